The minimum absolute atomic E-state index is 0.0000907. The van der Waals surface area contributed by atoms with Gasteiger partial charge in [-0.25, -0.2) is 0 Å². The van der Waals surface area contributed by atoms with Crippen LogP contribution in [0, 0.1) is 0 Å². The van der Waals surface area contributed by atoms with E-state index < -0.39 is 5.54 Å². The van der Waals surface area contributed by atoms with Gasteiger partial charge in [-0.05, 0) is 44.5 Å². The van der Waals surface area contributed by atoms with Gasteiger partial charge in [0.1, 0.15) is 0 Å². The number of nitrogens with one attached hydrogen (secondary N) is 1. The average molecular weight is 234 g/mol. The minimum Gasteiger partial charge on any atom is -0.325 e. The Labute approximate surface area is 101 Å². The lowest BCUT2D eigenvalue weighted by Crippen LogP contribution is -2.47. The molecule has 0 heterocycles. The number of rotatable bonds is 4. The summed E-state index contributed by atoms with van der Waals surface area (Å²) in [7, 11) is 0. The number of carbonyl (C=O) groups is 2. The van der Waals surface area contributed by atoms with E-state index in [2.05, 4.69) is 5.32 Å². The van der Waals surface area contributed by atoms with Gasteiger partial charge in [-0.1, -0.05) is 6.92 Å². The molecule has 0 saturated heterocycles. The zero-order valence-electron chi connectivity index (χ0n) is 10.4. The van der Waals surface area contributed by atoms with Crippen molar-refractivity contribution in [2.75, 3.05) is 5.32 Å². The molecule has 0 spiro atoms. The third-order valence-electron chi connectivity index (χ3n) is 2.80. The van der Waals surface area contributed by atoms with Crippen molar-refractivity contribution < 1.29 is 9.59 Å². The molecular weight excluding hydrogens is 216 g/mol. The van der Waals surface area contributed by atoms with Gasteiger partial charge in [0, 0.05) is 11.3 Å². The van der Waals surface area contributed by atoms with Gasteiger partial charge in [-0.2, -0.15) is 0 Å². The quantitative estimate of drug-likeness (QED) is 0.782. The fourth-order valence-corrected chi connectivity index (χ4v) is 1.22. The lowest BCUT2D eigenvalue weighted by Gasteiger charge is -2.21. The summed E-state index contributed by atoms with van der Waals surface area (Å²) in [5, 5.41) is 2.72. The molecule has 0 radical (unpaired) electrons. The molecule has 1 aromatic rings. The number of benzene rings is 1. The summed E-state index contributed by atoms with van der Waals surface area (Å²) >= 11 is 0. The van der Waals surface area contributed by atoms with Crippen molar-refractivity contribution >= 4 is 17.4 Å². The molecule has 0 saturated carbocycles. The van der Waals surface area contributed by atoms with Crippen LogP contribution < -0.4 is 11.1 Å². The molecule has 0 aliphatic carbocycles. The zero-order chi connectivity index (χ0) is 13.1. The molecule has 4 heteroatoms. The highest BCUT2D eigenvalue weighted by atomic mass is 16.2. The first-order valence-electron chi connectivity index (χ1n) is 5.58. The molecular formula is C13H18N2O2. The van der Waals surface area contributed by atoms with Gasteiger partial charge < -0.3 is 11.1 Å². The van der Waals surface area contributed by atoms with Gasteiger partial charge in [0.2, 0.25) is 5.91 Å². The summed E-state index contributed by atoms with van der Waals surface area (Å²) in [6, 6.07) is 6.75. The van der Waals surface area contributed by atoms with Gasteiger partial charge >= 0.3 is 0 Å². The third kappa shape index (κ3) is 3.39. The maximum Gasteiger partial charge on any atom is 0.244 e. The fourth-order valence-electron chi connectivity index (χ4n) is 1.22. The third-order valence-corrected chi connectivity index (χ3v) is 2.80. The molecule has 17 heavy (non-hydrogen) atoms. The van der Waals surface area contributed by atoms with Gasteiger partial charge in [0.15, 0.2) is 5.78 Å². The van der Waals surface area contributed by atoms with E-state index in [0.29, 0.717) is 17.7 Å². The van der Waals surface area contributed by atoms with Crippen molar-refractivity contribution in [1.82, 2.24) is 0 Å². The first-order valence-corrected chi connectivity index (χ1v) is 5.58. The Kier molecular flexibility index (Phi) is 4.02. The summed E-state index contributed by atoms with van der Waals surface area (Å²) < 4.78 is 0. The summed E-state index contributed by atoms with van der Waals surface area (Å²) in [4.78, 5) is 22.9. The average Bonchev–Trinajstić information content (AvgIpc) is 2.29. The predicted molar refractivity (Wildman–Crippen MR) is 68.0 cm³/mol. The maximum absolute atomic E-state index is 11.8. The van der Waals surface area contributed by atoms with Gasteiger partial charge in [0.05, 0.1) is 5.54 Å². The van der Waals surface area contributed by atoms with Crippen LogP contribution in [0.2, 0.25) is 0 Å². The summed E-state index contributed by atoms with van der Waals surface area (Å²) in [6.45, 7) is 5.05. The van der Waals surface area contributed by atoms with E-state index in [9.17, 15) is 9.59 Å². The van der Waals surface area contributed by atoms with Crippen LogP contribution in [0.15, 0.2) is 24.3 Å². The molecule has 1 atom stereocenters. The van der Waals surface area contributed by atoms with Crippen molar-refractivity contribution in [3.05, 3.63) is 29.8 Å². The summed E-state index contributed by atoms with van der Waals surface area (Å²) in [5.74, 6) is -0.226. The van der Waals surface area contributed by atoms with E-state index in [1.807, 2.05) is 6.92 Å². The Hall–Kier alpha value is -1.68. The normalized spacial score (nSPS) is 13.9. The largest absolute Gasteiger partial charge is 0.325 e. The first kappa shape index (κ1) is 13.4. The van der Waals surface area contributed by atoms with Crippen molar-refractivity contribution in [2.24, 2.45) is 5.73 Å². The maximum atomic E-state index is 11.8. The van der Waals surface area contributed by atoms with E-state index >= 15 is 0 Å². The molecule has 1 unspecified atom stereocenters. The molecule has 0 fully saturated rings. The highest BCUT2D eigenvalue weighted by molar-refractivity contribution is 5.98. The lowest BCUT2D eigenvalue weighted by atomic mass is 9.99. The highest BCUT2D eigenvalue weighted by Crippen LogP contribution is 2.13. The van der Waals surface area contributed by atoms with Gasteiger partial charge in [-0.3, -0.25) is 9.59 Å². The van der Waals surface area contributed by atoms with Crippen LogP contribution in [0.1, 0.15) is 37.6 Å². The van der Waals surface area contributed by atoms with Gasteiger partial charge in [0.25, 0.3) is 0 Å². The number of Topliss-reactive ketones (excluding diaryl/α,β-unsaturated/α-hetero) is 1. The predicted octanol–water partition coefficient (Wildman–Crippen LogP) is 1.96. The minimum atomic E-state index is -0.876. The van der Waals surface area contributed by atoms with E-state index in [0.717, 1.165) is 0 Å². The van der Waals surface area contributed by atoms with Crippen LogP contribution >= 0.6 is 0 Å². The smallest absolute Gasteiger partial charge is 0.244 e. The summed E-state index contributed by atoms with van der Waals surface area (Å²) in [6.07, 6.45) is 0.560. The molecule has 1 rings (SSSR count). The molecule has 0 aromatic heterocycles. The van der Waals surface area contributed by atoms with E-state index in [4.69, 9.17) is 5.73 Å². The monoisotopic (exact) mass is 234 g/mol. The van der Waals surface area contributed by atoms with Gasteiger partial charge in [-0.15, -0.1) is 0 Å². The van der Waals surface area contributed by atoms with Crippen LogP contribution in [0.5, 0.6) is 0 Å². The molecule has 0 aliphatic rings. The highest BCUT2D eigenvalue weighted by Gasteiger charge is 2.25. The molecule has 1 aromatic carbocycles. The number of hydrogen-bond acceptors (Lipinski definition) is 3. The van der Waals surface area contributed by atoms with Crippen LogP contribution in [0.4, 0.5) is 5.69 Å². The molecule has 0 aliphatic heterocycles. The van der Waals surface area contributed by atoms with Crippen molar-refractivity contribution in [1.29, 1.82) is 0 Å². The van der Waals surface area contributed by atoms with Crippen molar-refractivity contribution in [2.45, 2.75) is 32.7 Å². The topological polar surface area (TPSA) is 72.2 Å². The second-order valence-electron chi connectivity index (χ2n) is 4.36. The Morgan fingerprint density at radius 3 is 2.24 bits per heavy atom. The molecule has 0 bridgehead atoms. The van der Waals surface area contributed by atoms with Crippen LogP contribution in [0.3, 0.4) is 0 Å². The van der Waals surface area contributed by atoms with E-state index in [1.54, 1.807) is 31.2 Å². The SMILES string of the molecule is CCC(C)(N)C(=O)Nc1ccc(C(C)=O)cc1. The van der Waals surface area contributed by atoms with Crippen molar-refractivity contribution in [3.8, 4) is 0 Å². The number of nitrogens with two attached hydrogens (primary N) is 1. The Balaban J connectivity index is 2.76. The van der Waals surface area contributed by atoms with Crippen LogP contribution in [-0.2, 0) is 4.79 Å². The standard InChI is InChI=1S/C13H18N2O2/c1-4-13(3,14)12(17)15-11-7-5-10(6-8-11)9(2)16/h5-8H,4,14H2,1-3H3,(H,15,17). The number of carbonyl (C=O) groups excluding carboxylic acids is 2. The Bertz CT molecular complexity index is 422. The van der Waals surface area contributed by atoms with E-state index in [1.165, 1.54) is 6.92 Å². The molecule has 92 valence electrons. The number of hydrogen-bond donors (Lipinski definition) is 2. The Morgan fingerprint density at radius 2 is 1.82 bits per heavy atom. The molecule has 4 nitrogen and oxygen atoms in total. The zero-order valence-corrected chi connectivity index (χ0v) is 10.4. The Morgan fingerprint density at radius 1 is 1.29 bits per heavy atom. The number of anilines is 1. The number of amides is 1. The number of ketones is 1. The molecule has 3 N–H and O–H groups in total. The first-order chi connectivity index (χ1) is 7.86. The van der Waals surface area contributed by atoms with Crippen LogP contribution in [0.25, 0.3) is 0 Å². The van der Waals surface area contributed by atoms with E-state index in [-0.39, 0.29) is 11.7 Å². The second-order valence-corrected chi connectivity index (χ2v) is 4.36. The van der Waals surface area contributed by atoms with Crippen molar-refractivity contribution in [3.63, 3.8) is 0 Å². The second kappa shape index (κ2) is 5.10. The fraction of sp³-hybridized carbons (Fsp3) is 0.385. The lowest BCUT2D eigenvalue weighted by molar-refractivity contribution is -0.120. The molecule has 1 amide bonds. The van der Waals surface area contributed by atoms with Crippen LogP contribution in [-0.4, -0.2) is 17.2 Å². The summed E-state index contributed by atoms with van der Waals surface area (Å²) in [5.41, 5.74) is 6.21.